The fourth-order valence-electron chi connectivity index (χ4n) is 3.98. The van der Waals surface area contributed by atoms with Crippen molar-refractivity contribution in [2.45, 2.75) is 51.7 Å². The van der Waals surface area contributed by atoms with Crippen LogP contribution in [0.25, 0.3) is 0 Å². The number of benzene rings is 1. The fraction of sp³-hybridized carbons (Fsp3) is 0.652. The van der Waals surface area contributed by atoms with Crippen molar-refractivity contribution in [1.82, 2.24) is 10.2 Å². The molecular formula is C23H36N4O3. The minimum atomic E-state index is 0.223. The molecule has 0 aromatic heterocycles. The number of hydrogen-bond donors (Lipinski definition) is 1. The first-order valence-corrected chi connectivity index (χ1v) is 11.2. The fourth-order valence-corrected chi connectivity index (χ4v) is 3.98. The zero-order valence-electron chi connectivity index (χ0n) is 18.4. The predicted octanol–water partition coefficient (Wildman–Crippen LogP) is 2.80. The van der Waals surface area contributed by atoms with Crippen LogP contribution in [0.15, 0.2) is 29.3 Å². The molecule has 166 valence electrons. The third-order valence-electron chi connectivity index (χ3n) is 5.66. The van der Waals surface area contributed by atoms with E-state index in [1.54, 1.807) is 7.11 Å². The van der Waals surface area contributed by atoms with Crippen LogP contribution in [0, 0.1) is 0 Å². The summed E-state index contributed by atoms with van der Waals surface area (Å²) in [6.07, 6.45) is 4.94. The minimum absolute atomic E-state index is 0.223. The maximum absolute atomic E-state index is 11.9. The molecule has 7 heteroatoms. The van der Waals surface area contributed by atoms with Crippen LogP contribution in [0.5, 0.6) is 0 Å². The lowest BCUT2D eigenvalue weighted by atomic mass is 10.1. The molecule has 2 saturated heterocycles. The molecule has 2 fully saturated rings. The van der Waals surface area contributed by atoms with Gasteiger partial charge in [-0.2, -0.15) is 0 Å². The number of amides is 1. The van der Waals surface area contributed by atoms with Gasteiger partial charge in [0.25, 0.3) is 0 Å². The van der Waals surface area contributed by atoms with Gasteiger partial charge in [0.1, 0.15) is 0 Å². The zero-order valence-corrected chi connectivity index (χ0v) is 18.4. The van der Waals surface area contributed by atoms with E-state index >= 15 is 0 Å². The van der Waals surface area contributed by atoms with Gasteiger partial charge in [0.2, 0.25) is 5.91 Å². The first kappa shape index (κ1) is 22.6. The van der Waals surface area contributed by atoms with E-state index < -0.39 is 0 Å². The summed E-state index contributed by atoms with van der Waals surface area (Å²) in [6.45, 7) is 7.84. The summed E-state index contributed by atoms with van der Waals surface area (Å²) in [7, 11) is 1.73. The minimum Gasteiger partial charge on any atom is -0.385 e. The van der Waals surface area contributed by atoms with Crippen molar-refractivity contribution in [2.75, 3.05) is 51.4 Å². The third kappa shape index (κ3) is 6.44. The summed E-state index contributed by atoms with van der Waals surface area (Å²) in [5.74, 6) is 1.19. The van der Waals surface area contributed by atoms with E-state index in [9.17, 15) is 4.79 Å². The third-order valence-corrected chi connectivity index (χ3v) is 5.66. The second kappa shape index (κ2) is 11.9. The number of likely N-dealkylation sites (tertiary alicyclic amines) is 1. The maximum atomic E-state index is 11.9. The average Bonchev–Trinajstić information content (AvgIpc) is 3.21. The van der Waals surface area contributed by atoms with Gasteiger partial charge in [-0.3, -0.25) is 4.79 Å². The van der Waals surface area contributed by atoms with Crippen LogP contribution in [0.3, 0.4) is 0 Å². The molecule has 0 unspecified atom stereocenters. The molecule has 0 radical (unpaired) electrons. The van der Waals surface area contributed by atoms with Crippen LogP contribution in [0.1, 0.15) is 44.6 Å². The Morgan fingerprint density at radius 2 is 1.93 bits per heavy atom. The standard InChI is InChI=1S/C23H36N4O3/c1-3-24-23(26-14-11-21(12-15-26)30-17-5-16-29-2)25-18-19-7-9-20(10-8-19)27-13-4-6-22(27)28/h7-10,21H,3-6,11-18H2,1-2H3,(H,24,25). The van der Waals surface area contributed by atoms with Gasteiger partial charge in [0, 0.05) is 58.6 Å². The molecule has 7 nitrogen and oxygen atoms in total. The lowest BCUT2D eigenvalue weighted by Crippen LogP contribution is -2.47. The second-order valence-electron chi connectivity index (χ2n) is 7.89. The summed E-state index contributed by atoms with van der Waals surface area (Å²) < 4.78 is 11.0. The Hall–Kier alpha value is -2.12. The van der Waals surface area contributed by atoms with Crippen LogP contribution >= 0.6 is 0 Å². The smallest absolute Gasteiger partial charge is 0.227 e. The number of nitrogens with one attached hydrogen (secondary N) is 1. The molecule has 2 aliphatic rings. The van der Waals surface area contributed by atoms with Gasteiger partial charge >= 0.3 is 0 Å². The molecule has 0 spiro atoms. The zero-order chi connectivity index (χ0) is 21.2. The molecule has 1 aromatic rings. The monoisotopic (exact) mass is 416 g/mol. The number of nitrogens with zero attached hydrogens (tertiary/aromatic N) is 3. The summed E-state index contributed by atoms with van der Waals surface area (Å²) >= 11 is 0. The molecule has 30 heavy (non-hydrogen) atoms. The Balaban J connectivity index is 1.50. The van der Waals surface area contributed by atoms with Crippen molar-refractivity contribution < 1.29 is 14.3 Å². The SMILES string of the molecule is CCNC(=NCc1ccc(N2CCCC2=O)cc1)N1CCC(OCCCOC)CC1. The first-order valence-electron chi connectivity index (χ1n) is 11.2. The molecule has 3 rings (SSSR count). The quantitative estimate of drug-likeness (QED) is 0.381. The number of guanidine groups is 1. The normalized spacial score (nSPS) is 18.3. The topological polar surface area (TPSA) is 66.4 Å². The van der Waals surface area contributed by atoms with Gasteiger partial charge < -0.3 is 24.6 Å². The van der Waals surface area contributed by atoms with Crippen molar-refractivity contribution in [3.63, 3.8) is 0 Å². The van der Waals surface area contributed by atoms with Gasteiger partial charge in [-0.15, -0.1) is 0 Å². The Morgan fingerprint density at radius 3 is 2.57 bits per heavy atom. The van der Waals surface area contributed by atoms with Crippen molar-refractivity contribution in [1.29, 1.82) is 0 Å². The van der Waals surface area contributed by atoms with Gasteiger partial charge in [-0.1, -0.05) is 12.1 Å². The number of ether oxygens (including phenoxy) is 2. The predicted molar refractivity (Wildman–Crippen MR) is 120 cm³/mol. The van der Waals surface area contributed by atoms with Gasteiger partial charge in [-0.25, -0.2) is 4.99 Å². The van der Waals surface area contributed by atoms with E-state index in [0.717, 1.165) is 82.3 Å². The Bertz CT molecular complexity index is 684. The molecule has 0 saturated carbocycles. The molecule has 1 N–H and O–H groups in total. The molecule has 0 atom stereocenters. The number of hydrogen-bond acceptors (Lipinski definition) is 4. The lowest BCUT2D eigenvalue weighted by molar-refractivity contribution is -0.117. The highest BCUT2D eigenvalue weighted by molar-refractivity contribution is 5.95. The summed E-state index contributed by atoms with van der Waals surface area (Å²) in [4.78, 5) is 21.0. The summed E-state index contributed by atoms with van der Waals surface area (Å²) in [5.41, 5.74) is 2.14. The number of aliphatic imine (C=N–C) groups is 1. The number of carbonyl (C=O) groups is 1. The highest BCUT2D eigenvalue weighted by Gasteiger charge is 2.22. The van der Waals surface area contributed by atoms with E-state index in [0.29, 0.717) is 19.1 Å². The van der Waals surface area contributed by atoms with Crippen molar-refractivity contribution in [2.24, 2.45) is 4.99 Å². The van der Waals surface area contributed by atoms with Crippen LogP contribution in [-0.2, 0) is 20.8 Å². The van der Waals surface area contributed by atoms with Crippen LogP contribution in [0.2, 0.25) is 0 Å². The number of methoxy groups -OCH3 is 1. The molecule has 1 aromatic carbocycles. The number of carbonyl (C=O) groups excluding carboxylic acids is 1. The highest BCUT2D eigenvalue weighted by atomic mass is 16.5. The average molecular weight is 417 g/mol. The molecule has 2 heterocycles. The van der Waals surface area contributed by atoms with Gasteiger partial charge in [0.15, 0.2) is 5.96 Å². The van der Waals surface area contributed by atoms with E-state index in [2.05, 4.69) is 29.3 Å². The summed E-state index contributed by atoms with van der Waals surface area (Å²) in [6, 6.07) is 8.23. The molecule has 1 amide bonds. The number of anilines is 1. The van der Waals surface area contributed by atoms with E-state index in [1.807, 2.05) is 17.0 Å². The van der Waals surface area contributed by atoms with E-state index in [1.165, 1.54) is 0 Å². The van der Waals surface area contributed by atoms with E-state index in [-0.39, 0.29) is 5.91 Å². The van der Waals surface area contributed by atoms with Crippen LogP contribution < -0.4 is 10.2 Å². The van der Waals surface area contributed by atoms with Crippen molar-refractivity contribution in [3.8, 4) is 0 Å². The molecule has 0 aliphatic carbocycles. The van der Waals surface area contributed by atoms with E-state index in [4.69, 9.17) is 14.5 Å². The molecule has 2 aliphatic heterocycles. The van der Waals surface area contributed by atoms with Crippen LogP contribution in [-0.4, -0.2) is 69.4 Å². The number of piperidine rings is 1. The maximum Gasteiger partial charge on any atom is 0.227 e. The Kier molecular flexibility index (Phi) is 8.96. The lowest BCUT2D eigenvalue weighted by Gasteiger charge is -2.34. The largest absolute Gasteiger partial charge is 0.385 e. The van der Waals surface area contributed by atoms with Gasteiger partial charge in [0.05, 0.1) is 12.6 Å². The summed E-state index contributed by atoms with van der Waals surface area (Å²) in [5, 5.41) is 3.42. The highest BCUT2D eigenvalue weighted by Crippen LogP contribution is 2.22. The molecular weight excluding hydrogens is 380 g/mol. The van der Waals surface area contributed by atoms with Crippen molar-refractivity contribution in [3.05, 3.63) is 29.8 Å². The first-order chi connectivity index (χ1) is 14.7. The second-order valence-corrected chi connectivity index (χ2v) is 7.89. The number of rotatable bonds is 9. The Labute approximate surface area is 180 Å². The van der Waals surface area contributed by atoms with Crippen molar-refractivity contribution >= 4 is 17.6 Å². The molecule has 0 bridgehead atoms. The van der Waals surface area contributed by atoms with Crippen LogP contribution in [0.4, 0.5) is 5.69 Å². The van der Waals surface area contributed by atoms with Gasteiger partial charge in [-0.05, 0) is 50.3 Å². The Morgan fingerprint density at radius 1 is 1.17 bits per heavy atom.